The number of carbonyl (C=O) groups excluding carboxylic acids is 1. The number of benzene rings is 1. The second-order valence-electron chi connectivity index (χ2n) is 9.69. The van der Waals surface area contributed by atoms with E-state index in [1.54, 1.807) is 22.8 Å². The van der Waals surface area contributed by atoms with Gasteiger partial charge in [0.15, 0.2) is 5.69 Å². The normalized spacial score (nSPS) is 19.5. The van der Waals surface area contributed by atoms with Gasteiger partial charge in [-0.05, 0) is 55.7 Å². The van der Waals surface area contributed by atoms with Gasteiger partial charge in [-0.3, -0.25) is 9.36 Å². The molecule has 3 rings (SSSR count). The van der Waals surface area contributed by atoms with Gasteiger partial charge in [-0.15, -0.1) is 0 Å². The number of rotatable bonds is 9. The number of aryl methyl sites for hydroxylation is 1. The number of aromatic nitrogens is 2. The van der Waals surface area contributed by atoms with Gasteiger partial charge < -0.3 is 10.1 Å². The maximum Gasteiger partial charge on any atom is 0.391 e. The molecule has 1 aliphatic carbocycles. The van der Waals surface area contributed by atoms with E-state index in [1.807, 2.05) is 6.92 Å². The molecule has 1 saturated carbocycles. The second kappa shape index (κ2) is 11.6. The van der Waals surface area contributed by atoms with E-state index in [0.717, 1.165) is 6.92 Å². The van der Waals surface area contributed by atoms with E-state index in [0.29, 0.717) is 61.5 Å². The molecule has 0 spiro atoms. The van der Waals surface area contributed by atoms with Crippen molar-refractivity contribution in [1.29, 1.82) is 0 Å². The molecule has 1 fully saturated rings. The summed E-state index contributed by atoms with van der Waals surface area (Å²) in [5, 5.41) is 2.62. The lowest BCUT2D eigenvalue weighted by Crippen LogP contribution is -2.34. The number of hydrogen-bond donors (Lipinski definition) is 1. The summed E-state index contributed by atoms with van der Waals surface area (Å²) in [5.41, 5.74) is 0.974. The predicted molar refractivity (Wildman–Crippen MR) is 136 cm³/mol. The van der Waals surface area contributed by atoms with Crippen LogP contribution in [0.5, 0.6) is 5.75 Å². The Kier molecular flexibility index (Phi) is 9.21. The van der Waals surface area contributed by atoms with E-state index in [-0.39, 0.29) is 28.4 Å². The number of sulfone groups is 1. The summed E-state index contributed by atoms with van der Waals surface area (Å²) in [7, 11) is -1.64. The van der Waals surface area contributed by atoms with Crippen LogP contribution in [0.3, 0.4) is 0 Å². The van der Waals surface area contributed by atoms with E-state index in [1.165, 1.54) is 13.4 Å². The Morgan fingerprint density at radius 3 is 2.46 bits per heavy atom. The molecule has 12 heteroatoms. The summed E-state index contributed by atoms with van der Waals surface area (Å²) in [6.45, 7) is 3.36. The van der Waals surface area contributed by atoms with Crippen molar-refractivity contribution in [1.82, 2.24) is 14.9 Å². The maximum absolute atomic E-state index is 13.0. The van der Waals surface area contributed by atoms with Crippen molar-refractivity contribution in [3.05, 3.63) is 40.4 Å². The Hall–Kier alpha value is -2.27. The van der Waals surface area contributed by atoms with Crippen LogP contribution in [0.1, 0.15) is 61.4 Å². The molecule has 1 amide bonds. The average Bonchev–Trinajstić information content (AvgIpc) is 3.17. The fourth-order valence-corrected chi connectivity index (χ4v) is 6.10. The summed E-state index contributed by atoms with van der Waals surface area (Å²) >= 11 is 6.61. The number of amides is 1. The quantitative estimate of drug-likeness (QED) is 0.454. The fraction of sp³-hybridized carbons (Fsp3) is 0.600. The Balaban J connectivity index is 1.78. The second-order valence-corrected chi connectivity index (χ2v) is 12.4. The molecule has 1 aliphatic rings. The van der Waals surface area contributed by atoms with Crippen molar-refractivity contribution in [3.8, 4) is 11.4 Å². The zero-order valence-electron chi connectivity index (χ0n) is 21.4. The minimum atomic E-state index is -4.30. The summed E-state index contributed by atoms with van der Waals surface area (Å²) in [4.78, 5) is 17.4. The summed E-state index contributed by atoms with van der Waals surface area (Å²) in [6.07, 6.45) is -0.234. The number of hydrogen-bond acceptors (Lipinski definition) is 5. The molecule has 1 aromatic heterocycles. The Morgan fingerprint density at radius 1 is 1.27 bits per heavy atom. The minimum absolute atomic E-state index is 0.0418. The van der Waals surface area contributed by atoms with Gasteiger partial charge in [-0.1, -0.05) is 31.5 Å². The highest BCUT2D eigenvalue weighted by atomic mass is 35.5. The molecule has 37 heavy (non-hydrogen) atoms. The molecule has 1 heterocycles. The van der Waals surface area contributed by atoms with Gasteiger partial charge in [0.1, 0.15) is 26.6 Å². The van der Waals surface area contributed by atoms with Crippen molar-refractivity contribution in [3.63, 3.8) is 0 Å². The molecule has 1 unspecified atom stereocenters. The van der Waals surface area contributed by atoms with Crippen LogP contribution in [-0.2, 0) is 22.7 Å². The third-order valence-corrected chi connectivity index (χ3v) is 8.99. The van der Waals surface area contributed by atoms with Crippen LogP contribution < -0.4 is 10.1 Å². The highest BCUT2D eigenvalue weighted by molar-refractivity contribution is 7.91. The molecule has 1 aromatic carbocycles. The molecular weight excluding hydrogens is 531 g/mol. The molecule has 0 aliphatic heterocycles. The zero-order chi connectivity index (χ0) is 27.5. The van der Waals surface area contributed by atoms with Crippen LogP contribution in [0.15, 0.2) is 18.2 Å². The van der Waals surface area contributed by atoms with Crippen LogP contribution in [0.25, 0.3) is 5.69 Å². The van der Waals surface area contributed by atoms with Crippen molar-refractivity contribution in [2.24, 2.45) is 11.8 Å². The van der Waals surface area contributed by atoms with Gasteiger partial charge >= 0.3 is 6.18 Å². The SMILES string of the molecule is CCc1nc(C(=O)NCC2CCC(S(C)(=O)=O)CC2)c(Cl)n1-c1ccc(CC(C)C(F)(F)F)cc1OC. The molecule has 1 atom stereocenters. The predicted octanol–water partition coefficient (Wildman–Crippen LogP) is 5.17. The van der Waals surface area contributed by atoms with Gasteiger partial charge in [0.05, 0.1) is 24.0 Å². The van der Waals surface area contributed by atoms with Crippen LogP contribution >= 0.6 is 11.6 Å². The lowest BCUT2D eigenvalue weighted by atomic mass is 9.89. The summed E-state index contributed by atoms with van der Waals surface area (Å²) in [6, 6.07) is 4.74. The first-order chi connectivity index (χ1) is 17.3. The first-order valence-electron chi connectivity index (χ1n) is 12.2. The van der Waals surface area contributed by atoms with Crippen molar-refractivity contribution < 1.29 is 31.1 Å². The van der Waals surface area contributed by atoms with Gasteiger partial charge in [0, 0.05) is 19.2 Å². The highest BCUT2D eigenvalue weighted by Gasteiger charge is 2.36. The Morgan fingerprint density at radius 2 is 1.92 bits per heavy atom. The smallest absolute Gasteiger partial charge is 0.391 e. The molecule has 0 saturated heterocycles. The Labute approximate surface area is 220 Å². The van der Waals surface area contributed by atoms with Crippen molar-refractivity contribution >= 4 is 27.3 Å². The standard InChI is InChI=1S/C25H33ClF3N3O4S/c1-5-21-31-22(24(33)30-14-16-6-9-18(10-7-16)37(4,34)35)23(26)32(21)19-11-8-17(13-20(19)36-3)12-15(2)25(27,28)29/h8,11,13,15-16,18H,5-7,9-10,12,14H2,1-4H3,(H,30,33). The van der Waals surface area contributed by atoms with Crippen LogP contribution in [0.4, 0.5) is 13.2 Å². The molecular formula is C25H33ClF3N3O4S. The lowest BCUT2D eigenvalue weighted by Gasteiger charge is -2.27. The van der Waals surface area contributed by atoms with Gasteiger partial charge in [-0.2, -0.15) is 13.2 Å². The minimum Gasteiger partial charge on any atom is -0.495 e. The van der Waals surface area contributed by atoms with E-state index in [2.05, 4.69) is 10.3 Å². The number of nitrogens with one attached hydrogen (secondary N) is 1. The third kappa shape index (κ3) is 6.98. The van der Waals surface area contributed by atoms with E-state index in [4.69, 9.17) is 16.3 Å². The van der Waals surface area contributed by atoms with Crippen molar-refractivity contribution in [2.75, 3.05) is 19.9 Å². The van der Waals surface area contributed by atoms with Crippen LogP contribution in [0, 0.1) is 11.8 Å². The lowest BCUT2D eigenvalue weighted by molar-refractivity contribution is -0.169. The first-order valence-corrected chi connectivity index (χ1v) is 14.6. The summed E-state index contributed by atoms with van der Waals surface area (Å²) in [5.74, 6) is -0.977. The topological polar surface area (TPSA) is 90.3 Å². The monoisotopic (exact) mass is 563 g/mol. The number of ether oxygens (including phenoxy) is 1. The first kappa shape index (κ1) is 29.3. The number of halogens is 4. The Bertz CT molecular complexity index is 1220. The number of alkyl halides is 3. The van der Waals surface area contributed by atoms with Gasteiger partial charge in [0.2, 0.25) is 0 Å². The number of imidazole rings is 1. The van der Waals surface area contributed by atoms with Crippen LogP contribution in [0.2, 0.25) is 5.15 Å². The number of carbonyl (C=O) groups is 1. The van der Waals surface area contributed by atoms with Gasteiger partial charge in [0.25, 0.3) is 5.91 Å². The number of nitrogens with zero attached hydrogens (tertiary/aromatic N) is 2. The summed E-state index contributed by atoms with van der Waals surface area (Å²) < 4.78 is 69.6. The molecule has 0 bridgehead atoms. The fourth-order valence-electron chi connectivity index (χ4n) is 4.66. The number of methoxy groups -OCH3 is 1. The molecule has 0 radical (unpaired) electrons. The van der Waals surface area contributed by atoms with Crippen molar-refractivity contribution in [2.45, 2.75) is 63.8 Å². The highest BCUT2D eigenvalue weighted by Crippen LogP contribution is 2.34. The third-order valence-electron chi connectivity index (χ3n) is 6.96. The molecule has 1 N–H and O–H groups in total. The molecule has 7 nitrogen and oxygen atoms in total. The zero-order valence-corrected chi connectivity index (χ0v) is 22.9. The largest absolute Gasteiger partial charge is 0.495 e. The molecule has 206 valence electrons. The van der Waals surface area contributed by atoms with E-state index in [9.17, 15) is 26.4 Å². The van der Waals surface area contributed by atoms with E-state index < -0.39 is 27.8 Å². The van der Waals surface area contributed by atoms with Gasteiger partial charge in [-0.25, -0.2) is 13.4 Å². The maximum atomic E-state index is 13.0. The average molecular weight is 564 g/mol. The molecule has 2 aromatic rings. The van der Waals surface area contributed by atoms with E-state index >= 15 is 0 Å². The van der Waals surface area contributed by atoms with Crippen LogP contribution in [-0.4, -0.2) is 55.2 Å².